The Morgan fingerprint density at radius 1 is 1.08 bits per heavy atom. The molecule has 0 aromatic carbocycles. The Hall–Kier alpha value is -1.55. The molecule has 0 atom stereocenters. The third-order valence-electron chi connectivity index (χ3n) is 1.32. The second-order valence-corrected chi connectivity index (χ2v) is 3.00. The van der Waals surface area contributed by atoms with Crippen LogP contribution >= 0.6 is 0 Å². The van der Waals surface area contributed by atoms with Gasteiger partial charge in [-0.2, -0.15) is 5.26 Å². The molecule has 0 aromatic rings. The number of hydrogen-bond donors (Lipinski definition) is 0. The van der Waals surface area contributed by atoms with Crippen molar-refractivity contribution in [3.8, 4) is 6.07 Å². The van der Waals surface area contributed by atoms with Crippen LogP contribution in [-0.4, -0.2) is 0 Å². The number of nitrogens with zero attached hydrogens (tertiary/aromatic N) is 1. The van der Waals surface area contributed by atoms with E-state index in [1.807, 2.05) is 37.3 Å². The number of rotatable bonds is 3. The van der Waals surface area contributed by atoms with Gasteiger partial charge in [-0.25, -0.2) is 0 Å². The fourth-order valence-electron chi connectivity index (χ4n) is 0.691. The Bertz CT molecular complexity index is 292. The van der Waals surface area contributed by atoms with Crippen LogP contribution in [0.1, 0.15) is 20.8 Å². The second-order valence-electron chi connectivity index (χ2n) is 3.00. The van der Waals surface area contributed by atoms with Crippen molar-refractivity contribution in [1.29, 1.82) is 5.26 Å². The highest BCUT2D eigenvalue weighted by molar-refractivity contribution is 5.26. The summed E-state index contributed by atoms with van der Waals surface area (Å²) in [7, 11) is 0. The fourth-order valence-corrected chi connectivity index (χ4v) is 0.691. The summed E-state index contributed by atoms with van der Waals surface area (Å²) in [5.41, 5.74) is 2.40. The molecule has 13 heavy (non-hydrogen) atoms. The van der Waals surface area contributed by atoms with Crippen LogP contribution in [0.25, 0.3) is 0 Å². The normalized spacial score (nSPS) is 12.0. The van der Waals surface area contributed by atoms with Crippen LogP contribution in [-0.2, 0) is 0 Å². The highest BCUT2D eigenvalue weighted by Crippen LogP contribution is 1.97. The predicted molar refractivity (Wildman–Crippen MR) is 57.1 cm³/mol. The van der Waals surface area contributed by atoms with Gasteiger partial charge in [0.1, 0.15) is 0 Å². The Balaban J connectivity index is 4.15. The van der Waals surface area contributed by atoms with Crippen LogP contribution in [0.4, 0.5) is 0 Å². The SMILES string of the molecule is CC(C)=CC=CC(C)=CC=CC#N. The third-order valence-corrected chi connectivity index (χ3v) is 1.32. The Morgan fingerprint density at radius 3 is 2.31 bits per heavy atom. The van der Waals surface area contributed by atoms with Gasteiger partial charge in [-0.3, -0.25) is 0 Å². The van der Waals surface area contributed by atoms with Gasteiger partial charge < -0.3 is 0 Å². The molecule has 0 aliphatic heterocycles. The minimum atomic E-state index is 1.13. The summed E-state index contributed by atoms with van der Waals surface area (Å²) in [5, 5.41) is 8.23. The average molecular weight is 173 g/mol. The van der Waals surface area contributed by atoms with E-state index in [9.17, 15) is 0 Å². The molecular formula is C12H15N. The molecule has 0 N–H and O–H groups in total. The van der Waals surface area contributed by atoms with Gasteiger partial charge in [-0.15, -0.1) is 0 Å². The van der Waals surface area contributed by atoms with Crippen molar-refractivity contribution in [2.75, 3.05) is 0 Å². The van der Waals surface area contributed by atoms with E-state index in [-0.39, 0.29) is 0 Å². The molecule has 0 heterocycles. The lowest BCUT2D eigenvalue weighted by Crippen LogP contribution is -1.66. The predicted octanol–water partition coefficient (Wildman–Crippen LogP) is 3.53. The third kappa shape index (κ3) is 8.36. The van der Waals surface area contributed by atoms with Gasteiger partial charge in [-0.1, -0.05) is 41.5 Å². The first-order valence-corrected chi connectivity index (χ1v) is 4.21. The lowest BCUT2D eigenvalue weighted by atomic mass is 10.2. The first-order valence-electron chi connectivity index (χ1n) is 4.21. The van der Waals surface area contributed by atoms with Crippen LogP contribution in [0.3, 0.4) is 0 Å². The van der Waals surface area contributed by atoms with Crippen LogP contribution in [0, 0.1) is 11.3 Å². The lowest BCUT2D eigenvalue weighted by Gasteiger charge is -1.86. The van der Waals surface area contributed by atoms with Gasteiger partial charge in [0, 0.05) is 6.08 Å². The molecule has 0 spiro atoms. The summed E-state index contributed by atoms with van der Waals surface area (Å²) < 4.78 is 0. The minimum Gasteiger partial charge on any atom is -0.193 e. The minimum absolute atomic E-state index is 1.13. The van der Waals surface area contributed by atoms with Crippen molar-refractivity contribution in [2.45, 2.75) is 20.8 Å². The molecule has 0 unspecified atom stereocenters. The molecule has 0 fully saturated rings. The van der Waals surface area contributed by atoms with Gasteiger partial charge in [0.05, 0.1) is 6.07 Å². The van der Waals surface area contributed by atoms with Crippen LogP contribution in [0.2, 0.25) is 0 Å². The molecular weight excluding hydrogens is 158 g/mol. The molecule has 0 aliphatic rings. The molecule has 1 nitrogen and oxygen atoms in total. The van der Waals surface area contributed by atoms with E-state index in [1.54, 1.807) is 6.08 Å². The summed E-state index contributed by atoms with van der Waals surface area (Å²) in [6.45, 7) is 6.11. The molecule has 0 rings (SSSR count). The van der Waals surface area contributed by atoms with Gasteiger partial charge in [0.25, 0.3) is 0 Å². The first kappa shape index (κ1) is 11.4. The largest absolute Gasteiger partial charge is 0.193 e. The zero-order chi connectivity index (χ0) is 10.1. The van der Waals surface area contributed by atoms with Crippen molar-refractivity contribution in [3.63, 3.8) is 0 Å². The van der Waals surface area contributed by atoms with E-state index in [2.05, 4.69) is 13.8 Å². The smallest absolute Gasteiger partial charge is 0.0912 e. The van der Waals surface area contributed by atoms with Crippen LogP contribution in [0.15, 0.2) is 47.6 Å². The maximum atomic E-state index is 8.23. The molecule has 0 saturated carbocycles. The Morgan fingerprint density at radius 2 is 1.77 bits per heavy atom. The Labute approximate surface area is 80.4 Å². The number of allylic oxidation sites excluding steroid dienone is 8. The molecule has 0 radical (unpaired) electrons. The standard InChI is InChI=1S/C12H15N/c1-11(2)7-6-9-12(3)8-4-5-10-13/h4-9H,1-3H3. The van der Waals surface area contributed by atoms with E-state index >= 15 is 0 Å². The van der Waals surface area contributed by atoms with E-state index in [1.165, 1.54) is 11.6 Å². The van der Waals surface area contributed by atoms with Crippen LogP contribution in [0.5, 0.6) is 0 Å². The van der Waals surface area contributed by atoms with Crippen molar-refractivity contribution >= 4 is 0 Å². The zero-order valence-electron chi connectivity index (χ0n) is 8.41. The summed E-state index contributed by atoms with van der Waals surface area (Å²) in [6, 6.07) is 1.94. The molecule has 0 aliphatic carbocycles. The molecule has 0 amide bonds. The van der Waals surface area contributed by atoms with E-state index in [0.29, 0.717) is 0 Å². The summed E-state index contributed by atoms with van der Waals surface area (Å²) in [4.78, 5) is 0. The molecule has 0 bridgehead atoms. The quantitative estimate of drug-likeness (QED) is 0.473. The summed E-state index contributed by atoms with van der Waals surface area (Å²) in [6.07, 6.45) is 11.2. The van der Waals surface area contributed by atoms with Gasteiger partial charge in [-0.05, 0) is 20.8 Å². The highest BCUT2D eigenvalue weighted by atomic mass is 14.2. The number of nitriles is 1. The van der Waals surface area contributed by atoms with Crippen molar-refractivity contribution in [2.24, 2.45) is 0 Å². The molecule has 0 aromatic heterocycles. The summed E-state index contributed by atoms with van der Waals surface area (Å²) in [5.74, 6) is 0. The average Bonchev–Trinajstić information content (AvgIpc) is 2.04. The molecule has 0 saturated heterocycles. The van der Waals surface area contributed by atoms with Crippen molar-refractivity contribution in [1.82, 2.24) is 0 Å². The van der Waals surface area contributed by atoms with Gasteiger partial charge in [0.15, 0.2) is 0 Å². The first-order chi connectivity index (χ1) is 6.16. The van der Waals surface area contributed by atoms with Gasteiger partial charge >= 0.3 is 0 Å². The monoisotopic (exact) mass is 173 g/mol. The lowest BCUT2D eigenvalue weighted by molar-refractivity contribution is 1.39. The maximum Gasteiger partial charge on any atom is 0.0912 e. The van der Waals surface area contributed by atoms with Crippen molar-refractivity contribution < 1.29 is 0 Å². The molecule has 1 heteroatoms. The Kier molecular flexibility index (Phi) is 6.27. The molecule has 68 valence electrons. The second kappa shape index (κ2) is 7.12. The fraction of sp³-hybridized carbons (Fsp3) is 0.250. The van der Waals surface area contributed by atoms with Crippen LogP contribution < -0.4 is 0 Å². The summed E-state index contributed by atoms with van der Waals surface area (Å²) >= 11 is 0. The van der Waals surface area contributed by atoms with Crippen molar-refractivity contribution in [3.05, 3.63) is 47.6 Å². The topological polar surface area (TPSA) is 23.8 Å². The van der Waals surface area contributed by atoms with Gasteiger partial charge in [0.2, 0.25) is 0 Å². The highest BCUT2D eigenvalue weighted by Gasteiger charge is 1.76. The van der Waals surface area contributed by atoms with E-state index < -0.39 is 0 Å². The maximum absolute atomic E-state index is 8.23. The zero-order valence-corrected chi connectivity index (χ0v) is 8.41. The van der Waals surface area contributed by atoms with E-state index in [4.69, 9.17) is 5.26 Å². The van der Waals surface area contributed by atoms with E-state index in [0.717, 1.165) is 5.57 Å². The number of hydrogen-bond acceptors (Lipinski definition) is 1.